The molecule has 0 amide bonds. The molecule has 3 N–H and O–H groups in total. The van der Waals surface area contributed by atoms with Crippen molar-refractivity contribution in [1.29, 1.82) is 0 Å². The molecule has 0 saturated carbocycles. The number of carbonyl (C=O) groups excluding carboxylic acids is 2. The second kappa shape index (κ2) is 13.0. The Bertz CT molecular complexity index is 983. The highest BCUT2D eigenvalue weighted by Crippen LogP contribution is 2.30. The van der Waals surface area contributed by atoms with E-state index in [1.54, 1.807) is 0 Å². The lowest BCUT2D eigenvalue weighted by atomic mass is 9.84. The Balaban J connectivity index is 0.000000440. The second-order valence-corrected chi connectivity index (χ2v) is 8.50. The summed E-state index contributed by atoms with van der Waals surface area (Å²) in [7, 11) is 0. The van der Waals surface area contributed by atoms with Gasteiger partial charge in [-0.3, -0.25) is 4.79 Å². The third kappa shape index (κ3) is 9.05. The molecular formula is C25H27ClFNO6. The first-order valence-electron chi connectivity index (χ1n) is 10.8. The first-order chi connectivity index (χ1) is 16.1. The zero-order chi connectivity index (χ0) is 25.1. The fourth-order valence-corrected chi connectivity index (χ4v) is 3.86. The summed E-state index contributed by atoms with van der Waals surface area (Å²) in [5, 5.41) is 28.8. The van der Waals surface area contributed by atoms with E-state index in [0.29, 0.717) is 42.0 Å². The number of aliphatic carboxylic acids is 2. The number of carbonyl (C=O) groups is 3. The second-order valence-electron chi connectivity index (χ2n) is 8.06. The zero-order valence-corrected chi connectivity index (χ0v) is 19.3. The van der Waals surface area contributed by atoms with Crippen molar-refractivity contribution < 1.29 is 39.0 Å². The van der Waals surface area contributed by atoms with Crippen molar-refractivity contribution in [3.8, 4) is 0 Å². The summed E-state index contributed by atoms with van der Waals surface area (Å²) in [6, 6.07) is 13.1. The van der Waals surface area contributed by atoms with E-state index < -0.39 is 17.5 Å². The third-order valence-electron chi connectivity index (χ3n) is 5.63. The number of rotatable bonds is 8. The summed E-state index contributed by atoms with van der Waals surface area (Å²) < 4.78 is 12.9. The van der Waals surface area contributed by atoms with Gasteiger partial charge in [0.2, 0.25) is 0 Å². The van der Waals surface area contributed by atoms with E-state index in [4.69, 9.17) is 16.7 Å². The molecule has 0 radical (unpaired) electrons. The van der Waals surface area contributed by atoms with Crippen LogP contribution in [-0.4, -0.2) is 47.6 Å². The van der Waals surface area contributed by atoms with Gasteiger partial charge in [-0.2, -0.15) is 0 Å². The van der Waals surface area contributed by atoms with E-state index >= 15 is 0 Å². The Hall–Kier alpha value is -3.07. The number of quaternary nitrogens is 1. The van der Waals surface area contributed by atoms with Crippen LogP contribution in [-0.2, 0) is 15.2 Å². The Morgan fingerprint density at radius 2 is 1.62 bits per heavy atom. The molecule has 1 aliphatic rings. The van der Waals surface area contributed by atoms with Gasteiger partial charge in [-0.1, -0.05) is 23.7 Å². The summed E-state index contributed by atoms with van der Waals surface area (Å²) in [5.74, 6) is -3.08. The molecule has 2 aromatic carbocycles. The van der Waals surface area contributed by atoms with Crippen LogP contribution in [0.1, 0.15) is 41.6 Å². The molecule has 7 nitrogen and oxygen atoms in total. The minimum absolute atomic E-state index is 0.0547. The van der Waals surface area contributed by atoms with Crippen LogP contribution in [0.25, 0.3) is 0 Å². The van der Waals surface area contributed by atoms with Crippen LogP contribution in [0.4, 0.5) is 4.39 Å². The third-order valence-corrected chi connectivity index (χ3v) is 5.88. The highest BCUT2D eigenvalue weighted by molar-refractivity contribution is 6.30. The maximum atomic E-state index is 12.9. The fourth-order valence-electron chi connectivity index (χ4n) is 3.73. The van der Waals surface area contributed by atoms with E-state index in [1.165, 1.54) is 29.2 Å². The first-order valence-corrected chi connectivity index (χ1v) is 11.2. The van der Waals surface area contributed by atoms with Crippen LogP contribution in [0.2, 0.25) is 5.02 Å². The molecule has 0 bridgehead atoms. The highest BCUT2D eigenvalue weighted by Gasteiger charge is 2.35. The number of carboxylic acid groups (broad SMARTS) is 2. The van der Waals surface area contributed by atoms with E-state index in [2.05, 4.69) is 0 Å². The molecule has 0 unspecified atom stereocenters. The summed E-state index contributed by atoms with van der Waals surface area (Å²) in [6.45, 7) is 2.66. The van der Waals surface area contributed by atoms with E-state index in [9.17, 15) is 29.0 Å². The zero-order valence-electron chi connectivity index (χ0n) is 18.5. The molecule has 0 aromatic heterocycles. The molecule has 0 aliphatic carbocycles. The number of aliphatic hydroxyl groups is 1. The van der Waals surface area contributed by atoms with Gasteiger partial charge >= 0.3 is 5.97 Å². The monoisotopic (exact) mass is 491 g/mol. The van der Waals surface area contributed by atoms with Crippen molar-refractivity contribution in [3.63, 3.8) is 0 Å². The molecule has 1 aliphatic heterocycles. The lowest BCUT2D eigenvalue weighted by Crippen LogP contribution is -3.13. The maximum absolute atomic E-state index is 12.9. The Labute approximate surface area is 202 Å². The summed E-state index contributed by atoms with van der Waals surface area (Å²) in [4.78, 5) is 32.5. The minimum atomic E-state index is -1.51. The molecular weight excluding hydrogens is 465 g/mol. The summed E-state index contributed by atoms with van der Waals surface area (Å²) in [5.41, 5.74) is 0.711. The number of benzene rings is 2. The highest BCUT2D eigenvalue weighted by atomic mass is 35.5. The number of likely N-dealkylation sites (tertiary alicyclic amines) is 1. The lowest BCUT2D eigenvalue weighted by Gasteiger charge is -2.36. The number of nitrogens with one attached hydrogen (secondary N) is 1. The Morgan fingerprint density at radius 3 is 2.12 bits per heavy atom. The predicted molar refractivity (Wildman–Crippen MR) is 122 cm³/mol. The SMILES string of the molecule is O=C(CCC[NH+]1CCC(O)(c2ccc(Cl)cc2)CC1)c1ccc(F)cc1.O=C([O-])/C=C\C(=O)O. The predicted octanol–water partition coefficient (Wildman–Crippen LogP) is 1.39. The molecule has 34 heavy (non-hydrogen) atoms. The van der Waals surface area contributed by atoms with Crippen molar-refractivity contribution in [1.82, 2.24) is 0 Å². The van der Waals surface area contributed by atoms with Crippen molar-refractivity contribution in [2.75, 3.05) is 19.6 Å². The molecule has 2 aromatic rings. The van der Waals surface area contributed by atoms with Crippen LogP contribution in [0.3, 0.4) is 0 Å². The quantitative estimate of drug-likeness (QED) is 0.379. The number of carboxylic acids is 2. The number of hydrogen-bond donors (Lipinski definition) is 3. The molecule has 182 valence electrons. The Kier molecular flexibility index (Phi) is 10.4. The van der Waals surface area contributed by atoms with E-state index in [1.807, 2.05) is 24.3 Å². The van der Waals surface area contributed by atoms with Gasteiger partial charge in [0.05, 0.1) is 25.6 Å². The van der Waals surface area contributed by atoms with Gasteiger partial charge in [-0.15, -0.1) is 0 Å². The molecule has 1 heterocycles. The average Bonchev–Trinajstić information content (AvgIpc) is 2.80. The van der Waals surface area contributed by atoms with Gasteiger partial charge in [0, 0.05) is 42.3 Å². The average molecular weight is 492 g/mol. The number of Topliss-reactive ketones (excluding diaryl/α,β-unsaturated/α-hetero) is 1. The van der Waals surface area contributed by atoms with Gasteiger partial charge in [-0.05, 0) is 48.0 Å². The van der Waals surface area contributed by atoms with Crippen LogP contribution < -0.4 is 10.0 Å². The number of ketones is 1. The van der Waals surface area contributed by atoms with E-state index in [-0.39, 0.29) is 11.6 Å². The smallest absolute Gasteiger partial charge is 0.328 e. The lowest BCUT2D eigenvalue weighted by molar-refractivity contribution is -0.908. The largest absolute Gasteiger partial charge is 0.545 e. The molecule has 9 heteroatoms. The van der Waals surface area contributed by atoms with Gasteiger partial charge in [0.15, 0.2) is 5.78 Å². The van der Waals surface area contributed by atoms with Crippen LogP contribution >= 0.6 is 11.6 Å². The standard InChI is InChI=1S/C21H23ClFNO2.C4H4O4/c22-18-7-5-17(6-8-18)21(26)11-14-24(15-12-21)13-1-2-20(25)16-3-9-19(23)10-4-16;5-3(6)1-2-4(7)8/h3-10,26H,1-2,11-15H2;1-2H,(H,5,6)(H,7,8)/b;2-1-. The van der Waals surface area contributed by atoms with Crippen LogP contribution in [0.5, 0.6) is 0 Å². The normalized spacial score (nSPS) is 19.8. The van der Waals surface area contributed by atoms with E-state index in [0.717, 1.165) is 31.6 Å². The Morgan fingerprint density at radius 1 is 1.03 bits per heavy atom. The summed E-state index contributed by atoms with van der Waals surface area (Å²) >= 11 is 5.92. The number of hydrogen-bond acceptors (Lipinski definition) is 5. The molecule has 0 spiro atoms. The maximum Gasteiger partial charge on any atom is 0.328 e. The topological polar surface area (TPSA) is 119 Å². The summed E-state index contributed by atoms with van der Waals surface area (Å²) in [6.07, 6.45) is 3.62. The van der Waals surface area contributed by atoms with Crippen molar-refractivity contribution in [2.45, 2.75) is 31.3 Å². The molecule has 3 rings (SSSR count). The van der Waals surface area contributed by atoms with Gasteiger partial charge in [0.1, 0.15) is 11.4 Å². The van der Waals surface area contributed by atoms with Crippen LogP contribution in [0, 0.1) is 5.82 Å². The van der Waals surface area contributed by atoms with Gasteiger partial charge < -0.3 is 25.0 Å². The van der Waals surface area contributed by atoms with Crippen molar-refractivity contribution in [3.05, 3.63) is 82.6 Å². The molecule has 0 atom stereocenters. The number of piperidine rings is 1. The van der Waals surface area contributed by atoms with Crippen molar-refractivity contribution in [2.24, 2.45) is 0 Å². The number of halogens is 2. The molecule has 1 fully saturated rings. The van der Waals surface area contributed by atoms with Gasteiger partial charge in [-0.25, -0.2) is 9.18 Å². The van der Waals surface area contributed by atoms with Crippen molar-refractivity contribution >= 4 is 29.3 Å². The fraction of sp³-hybridized carbons (Fsp3) is 0.320. The van der Waals surface area contributed by atoms with Crippen LogP contribution in [0.15, 0.2) is 60.7 Å². The molecule has 1 saturated heterocycles. The first kappa shape index (κ1) is 27.2. The van der Waals surface area contributed by atoms with Gasteiger partial charge in [0.25, 0.3) is 0 Å². The minimum Gasteiger partial charge on any atom is -0.545 e.